The average Bonchev–Trinajstić information content (AvgIpc) is 3.33. The lowest BCUT2D eigenvalue weighted by Gasteiger charge is -2.30. The molecule has 0 unspecified atom stereocenters. The van der Waals surface area contributed by atoms with Gasteiger partial charge in [0.2, 0.25) is 5.95 Å². The van der Waals surface area contributed by atoms with Gasteiger partial charge in [0, 0.05) is 25.5 Å². The summed E-state index contributed by atoms with van der Waals surface area (Å²) < 4.78 is 5.08. The van der Waals surface area contributed by atoms with Crippen LogP contribution in [0.3, 0.4) is 0 Å². The molecular formula is C15H21N3O2. The van der Waals surface area contributed by atoms with E-state index in [-0.39, 0.29) is 11.9 Å². The molecule has 2 aliphatic rings. The minimum absolute atomic E-state index is 0.0388. The molecule has 0 aromatic carbocycles. The number of esters is 1. The number of anilines is 1. The molecular weight excluding hydrogens is 254 g/mol. The first-order chi connectivity index (χ1) is 9.78. The maximum absolute atomic E-state index is 11.7. The van der Waals surface area contributed by atoms with Gasteiger partial charge in [-0.1, -0.05) is 0 Å². The third-order valence-electron chi connectivity index (χ3n) is 4.10. The van der Waals surface area contributed by atoms with Crippen LogP contribution in [0.25, 0.3) is 0 Å². The van der Waals surface area contributed by atoms with Crippen LogP contribution in [-0.2, 0) is 9.53 Å². The zero-order valence-electron chi connectivity index (χ0n) is 11.9. The fourth-order valence-corrected chi connectivity index (χ4v) is 2.70. The monoisotopic (exact) mass is 275 g/mol. The Balaban J connectivity index is 1.55. The molecule has 0 atom stereocenters. The van der Waals surface area contributed by atoms with E-state index in [1.807, 2.05) is 19.3 Å². The van der Waals surface area contributed by atoms with Crippen molar-refractivity contribution >= 4 is 11.9 Å². The molecule has 0 amide bonds. The van der Waals surface area contributed by atoms with Gasteiger partial charge in [-0.05, 0) is 44.1 Å². The van der Waals surface area contributed by atoms with E-state index < -0.39 is 0 Å². The topological polar surface area (TPSA) is 55.3 Å². The van der Waals surface area contributed by atoms with Gasteiger partial charge in [0.25, 0.3) is 0 Å². The smallest absolute Gasteiger partial charge is 0.309 e. The van der Waals surface area contributed by atoms with E-state index in [4.69, 9.17) is 4.74 Å². The minimum atomic E-state index is -0.0582. The summed E-state index contributed by atoms with van der Waals surface area (Å²) in [6.07, 6.45) is 8.11. The highest BCUT2D eigenvalue weighted by molar-refractivity contribution is 5.72. The van der Waals surface area contributed by atoms with E-state index >= 15 is 0 Å². The van der Waals surface area contributed by atoms with E-state index in [0.717, 1.165) is 31.9 Å². The van der Waals surface area contributed by atoms with Crippen molar-refractivity contribution in [2.75, 3.05) is 24.6 Å². The van der Waals surface area contributed by atoms with Gasteiger partial charge >= 0.3 is 5.97 Å². The number of ether oxygens (including phenoxy) is 1. The van der Waals surface area contributed by atoms with Crippen molar-refractivity contribution < 1.29 is 9.53 Å². The predicted molar refractivity (Wildman–Crippen MR) is 75.6 cm³/mol. The molecule has 1 aliphatic carbocycles. The summed E-state index contributed by atoms with van der Waals surface area (Å²) in [6.45, 7) is 3.96. The van der Waals surface area contributed by atoms with E-state index in [1.54, 1.807) is 0 Å². The van der Waals surface area contributed by atoms with Gasteiger partial charge in [0.15, 0.2) is 0 Å². The van der Waals surface area contributed by atoms with Crippen molar-refractivity contribution in [1.82, 2.24) is 9.97 Å². The molecule has 0 bridgehead atoms. The second-order valence-electron chi connectivity index (χ2n) is 5.60. The number of hydrogen-bond donors (Lipinski definition) is 0. The summed E-state index contributed by atoms with van der Waals surface area (Å²) in [4.78, 5) is 22.8. The molecule has 1 aromatic rings. The average molecular weight is 275 g/mol. The Morgan fingerprint density at radius 1 is 1.25 bits per heavy atom. The van der Waals surface area contributed by atoms with Gasteiger partial charge < -0.3 is 9.64 Å². The zero-order chi connectivity index (χ0) is 13.9. The third kappa shape index (κ3) is 2.92. The Bertz CT molecular complexity index is 463. The van der Waals surface area contributed by atoms with Crippen LogP contribution in [0.2, 0.25) is 0 Å². The standard InChI is InChI=1S/C15H21N3O2/c1-2-20-14(19)12-5-7-18(8-6-12)15-16-9-13(10-17-15)11-3-4-11/h9-12H,2-8H2,1H3. The quantitative estimate of drug-likeness (QED) is 0.788. The minimum Gasteiger partial charge on any atom is -0.466 e. The summed E-state index contributed by atoms with van der Waals surface area (Å²) in [6, 6.07) is 0. The highest BCUT2D eigenvalue weighted by Crippen LogP contribution is 2.39. The molecule has 5 heteroatoms. The Hall–Kier alpha value is -1.65. The Labute approximate surface area is 119 Å². The first-order valence-electron chi connectivity index (χ1n) is 7.51. The van der Waals surface area contributed by atoms with Gasteiger partial charge in [-0.3, -0.25) is 4.79 Å². The summed E-state index contributed by atoms with van der Waals surface area (Å²) >= 11 is 0. The Kier molecular flexibility index (Phi) is 3.85. The molecule has 2 fully saturated rings. The number of carbonyl (C=O) groups is 1. The molecule has 1 aliphatic heterocycles. The maximum atomic E-state index is 11.7. The lowest BCUT2D eigenvalue weighted by atomic mass is 9.97. The molecule has 108 valence electrons. The first-order valence-corrected chi connectivity index (χ1v) is 7.51. The molecule has 20 heavy (non-hydrogen) atoms. The Morgan fingerprint density at radius 3 is 2.45 bits per heavy atom. The molecule has 0 radical (unpaired) electrons. The van der Waals surface area contributed by atoms with Crippen LogP contribution in [0.1, 0.15) is 44.1 Å². The second kappa shape index (κ2) is 5.77. The van der Waals surface area contributed by atoms with Gasteiger partial charge in [-0.15, -0.1) is 0 Å². The summed E-state index contributed by atoms with van der Waals surface area (Å²) in [7, 11) is 0. The van der Waals surface area contributed by atoms with Crippen LogP contribution < -0.4 is 4.90 Å². The molecule has 1 aromatic heterocycles. The lowest BCUT2D eigenvalue weighted by molar-refractivity contribution is -0.148. The van der Waals surface area contributed by atoms with Crippen LogP contribution in [0, 0.1) is 5.92 Å². The SMILES string of the molecule is CCOC(=O)C1CCN(c2ncc(C3CC3)cn2)CC1. The second-order valence-corrected chi connectivity index (χ2v) is 5.60. The number of hydrogen-bond acceptors (Lipinski definition) is 5. The van der Waals surface area contributed by atoms with E-state index in [0.29, 0.717) is 12.5 Å². The van der Waals surface area contributed by atoms with Crippen molar-refractivity contribution in [1.29, 1.82) is 0 Å². The molecule has 0 N–H and O–H groups in total. The van der Waals surface area contributed by atoms with Crippen molar-refractivity contribution in [2.24, 2.45) is 5.92 Å². The zero-order valence-corrected chi connectivity index (χ0v) is 11.9. The van der Waals surface area contributed by atoms with Crippen LogP contribution in [0.15, 0.2) is 12.4 Å². The number of piperidine rings is 1. The number of nitrogens with zero attached hydrogens (tertiary/aromatic N) is 3. The number of rotatable bonds is 4. The van der Waals surface area contributed by atoms with E-state index in [2.05, 4.69) is 14.9 Å². The molecule has 5 nitrogen and oxygen atoms in total. The van der Waals surface area contributed by atoms with Crippen LogP contribution in [0.4, 0.5) is 5.95 Å². The summed E-state index contributed by atoms with van der Waals surface area (Å²) in [5.41, 5.74) is 1.26. The van der Waals surface area contributed by atoms with E-state index in [9.17, 15) is 4.79 Å². The Morgan fingerprint density at radius 2 is 1.90 bits per heavy atom. The number of aromatic nitrogens is 2. The van der Waals surface area contributed by atoms with E-state index in [1.165, 1.54) is 18.4 Å². The third-order valence-corrected chi connectivity index (χ3v) is 4.10. The highest BCUT2D eigenvalue weighted by atomic mass is 16.5. The van der Waals surface area contributed by atoms with Gasteiger partial charge in [-0.2, -0.15) is 0 Å². The fraction of sp³-hybridized carbons (Fsp3) is 0.667. The van der Waals surface area contributed by atoms with Crippen LogP contribution >= 0.6 is 0 Å². The summed E-state index contributed by atoms with van der Waals surface area (Å²) in [5, 5.41) is 0. The van der Waals surface area contributed by atoms with Gasteiger partial charge in [-0.25, -0.2) is 9.97 Å². The molecule has 3 rings (SSSR count). The molecule has 2 heterocycles. The van der Waals surface area contributed by atoms with Crippen molar-refractivity contribution in [3.63, 3.8) is 0 Å². The maximum Gasteiger partial charge on any atom is 0.309 e. The van der Waals surface area contributed by atoms with Crippen molar-refractivity contribution in [3.05, 3.63) is 18.0 Å². The predicted octanol–water partition coefficient (Wildman–Crippen LogP) is 2.13. The van der Waals surface area contributed by atoms with Gasteiger partial charge in [0.05, 0.1) is 12.5 Å². The molecule has 0 spiro atoms. The first kappa shape index (κ1) is 13.3. The molecule has 1 saturated heterocycles. The van der Waals surface area contributed by atoms with Crippen molar-refractivity contribution in [3.8, 4) is 0 Å². The number of carbonyl (C=O) groups excluding carboxylic acids is 1. The molecule has 1 saturated carbocycles. The summed E-state index contributed by atoms with van der Waals surface area (Å²) in [5.74, 6) is 1.46. The lowest BCUT2D eigenvalue weighted by Crippen LogP contribution is -2.37. The van der Waals surface area contributed by atoms with Crippen LogP contribution in [0.5, 0.6) is 0 Å². The van der Waals surface area contributed by atoms with Crippen LogP contribution in [-0.4, -0.2) is 35.6 Å². The van der Waals surface area contributed by atoms with Gasteiger partial charge in [0.1, 0.15) is 0 Å². The normalized spacial score (nSPS) is 19.9. The highest BCUT2D eigenvalue weighted by Gasteiger charge is 2.28. The fourth-order valence-electron chi connectivity index (χ4n) is 2.70. The largest absolute Gasteiger partial charge is 0.466 e. The van der Waals surface area contributed by atoms with Crippen molar-refractivity contribution in [2.45, 2.75) is 38.5 Å².